The van der Waals surface area contributed by atoms with Gasteiger partial charge in [-0.25, -0.2) is 0 Å². The van der Waals surface area contributed by atoms with E-state index in [-0.39, 0.29) is 28.7 Å². The number of aromatic nitrogens is 1. The Morgan fingerprint density at radius 2 is 2.00 bits per heavy atom. The molecule has 0 saturated heterocycles. The summed E-state index contributed by atoms with van der Waals surface area (Å²) in [6, 6.07) is 6.29. The minimum Gasteiger partial charge on any atom is -0.464 e. The molecule has 2 aromatic heterocycles. The van der Waals surface area contributed by atoms with Crippen LogP contribution >= 0.6 is 11.6 Å². The first-order valence-corrected chi connectivity index (χ1v) is 7.97. The van der Waals surface area contributed by atoms with Gasteiger partial charge >= 0.3 is 5.97 Å². The minimum atomic E-state index is -0.736. The molecule has 0 aliphatic carbocycles. The summed E-state index contributed by atoms with van der Waals surface area (Å²) < 4.78 is 10.7. The summed E-state index contributed by atoms with van der Waals surface area (Å²) in [5, 5.41) is 0.697. The molecule has 25 heavy (non-hydrogen) atoms. The van der Waals surface area contributed by atoms with Crippen LogP contribution in [0.4, 0.5) is 0 Å². The fourth-order valence-electron chi connectivity index (χ4n) is 3.14. The Hall–Kier alpha value is -2.86. The standard InChI is InChI=1S/C18H12ClNO5/c1-8-4-14-16(18(23)20-8)10(6-15(21)25-14)12-7-24-13-3-2-9(19)5-11(13)17(12)22/h2-5,7,10H,6H2,1H3,(H,20,23). The van der Waals surface area contributed by atoms with Crippen molar-refractivity contribution in [2.45, 2.75) is 19.3 Å². The SMILES string of the molecule is Cc1cc2c(c(=O)[nH]1)C(c1coc3ccc(Cl)cc3c1=O)CC(=O)O2. The van der Waals surface area contributed by atoms with Crippen LogP contribution in [0.15, 0.2) is 44.5 Å². The summed E-state index contributed by atoms with van der Waals surface area (Å²) in [7, 11) is 0. The summed E-state index contributed by atoms with van der Waals surface area (Å²) >= 11 is 5.97. The lowest BCUT2D eigenvalue weighted by atomic mass is 9.87. The lowest BCUT2D eigenvalue weighted by molar-refractivity contribution is -0.135. The van der Waals surface area contributed by atoms with E-state index in [1.54, 1.807) is 25.1 Å². The van der Waals surface area contributed by atoms with E-state index in [1.165, 1.54) is 12.3 Å². The highest BCUT2D eigenvalue weighted by molar-refractivity contribution is 6.31. The van der Waals surface area contributed by atoms with Gasteiger partial charge in [0.05, 0.1) is 23.6 Å². The maximum Gasteiger partial charge on any atom is 0.312 e. The van der Waals surface area contributed by atoms with Crippen LogP contribution < -0.4 is 15.7 Å². The molecule has 6 nitrogen and oxygen atoms in total. The van der Waals surface area contributed by atoms with E-state index in [0.29, 0.717) is 21.7 Å². The molecule has 0 amide bonds. The third-order valence-electron chi connectivity index (χ3n) is 4.25. The van der Waals surface area contributed by atoms with E-state index in [4.69, 9.17) is 20.8 Å². The van der Waals surface area contributed by atoms with Crippen molar-refractivity contribution in [1.29, 1.82) is 0 Å². The lowest BCUT2D eigenvalue weighted by Gasteiger charge is -2.23. The molecule has 4 rings (SSSR count). The predicted molar refractivity (Wildman–Crippen MR) is 91.4 cm³/mol. The lowest BCUT2D eigenvalue weighted by Crippen LogP contribution is -2.30. The number of nitrogens with one attached hydrogen (secondary N) is 1. The van der Waals surface area contributed by atoms with Gasteiger partial charge in [0.25, 0.3) is 5.56 Å². The highest BCUT2D eigenvalue weighted by atomic mass is 35.5. The van der Waals surface area contributed by atoms with Crippen molar-refractivity contribution in [2.24, 2.45) is 0 Å². The van der Waals surface area contributed by atoms with Crippen molar-refractivity contribution in [2.75, 3.05) is 0 Å². The third kappa shape index (κ3) is 2.55. The van der Waals surface area contributed by atoms with E-state index in [9.17, 15) is 14.4 Å². The molecule has 1 atom stereocenters. The highest BCUT2D eigenvalue weighted by Gasteiger charge is 2.33. The molecule has 0 fully saturated rings. The molecule has 7 heteroatoms. The maximum atomic E-state index is 12.9. The topological polar surface area (TPSA) is 89.4 Å². The van der Waals surface area contributed by atoms with Gasteiger partial charge in [-0.3, -0.25) is 14.4 Å². The number of carbonyl (C=O) groups is 1. The molecule has 1 unspecified atom stereocenters. The van der Waals surface area contributed by atoms with Crippen molar-refractivity contribution in [3.05, 3.63) is 72.9 Å². The summed E-state index contributed by atoms with van der Waals surface area (Å²) in [6.07, 6.45) is 1.18. The van der Waals surface area contributed by atoms with Crippen molar-refractivity contribution >= 4 is 28.5 Å². The first kappa shape index (κ1) is 15.7. The fourth-order valence-corrected chi connectivity index (χ4v) is 3.31. The van der Waals surface area contributed by atoms with Gasteiger partial charge in [-0.1, -0.05) is 11.6 Å². The number of halogens is 1. The molecule has 0 spiro atoms. The first-order valence-electron chi connectivity index (χ1n) is 7.59. The van der Waals surface area contributed by atoms with Crippen molar-refractivity contribution in [3.63, 3.8) is 0 Å². The smallest absolute Gasteiger partial charge is 0.312 e. The fraction of sp³-hybridized carbons (Fsp3) is 0.167. The molecule has 1 aliphatic heterocycles. The Bertz CT molecular complexity index is 1140. The van der Waals surface area contributed by atoms with Crippen LogP contribution in [0.2, 0.25) is 5.02 Å². The van der Waals surface area contributed by atoms with Gasteiger partial charge in [-0.2, -0.15) is 0 Å². The Labute approximate surface area is 146 Å². The van der Waals surface area contributed by atoms with Crippen molar-refractivity contribution in [3.8, 4) is 5.75 Å². The van der Waals surface area contributed by atoms with Crippen LogP contribution in [0.1, 0.15) is 29.2 Å². The van der Waals surface area contributed by atoms with Crippen LogP contribution in [0.25, 0.3) is 11.0 Å². The predicted octanol–water partition coefficient (Wildman–Crippen LogP) is 2.88. The average Bonchev–Trinajstić information content (AvgIpc) is 2.54. The Balaban J connectivity index is 1.99. The Kier molecular flexibility index (Phi) is 3.51. The molecule has 0 radical (unpaired) electrons. The second kappa shape index (κ2) is 5.60. The number of pyridine rings is 1. The number of rotatable bonds is 1. The summed E-state index contributed by atoms with van der Waals surface area (Å²) in [5.74, 6) is -1.07. The average molecular weight is 358 g/mol. The molecular formula is C18H12ClNO5. The number of ether oxygens (including phenoxy) is 1. The number of hydrogen-bond donors (Lipinski definition) is 1. The molecule has 126 valence electrons. The van der Waals surface area contributed by atoms with Crippen LogP contribution in [0.3, 0.4) is 0 Å². The number of esters is 1. The van der Waals surface area contributed by atoms with Gasteiger partial charge in [0, 0.05) is 28.3 Å². The number of fused-ring (bicyclic) bond motifs is 2. The van der Waals surface area contributed by atoms with Crippen LogP contribution in [-0.4, -0.2) is 11.0 Å². The highest BCUT2D eigenvalue weighted by Crippen LogP contribution is 2.36. The molecule has 1 N–H and O–H groups in total. The van der Waals surface area contributed by atoms with Crippen LogP contribution in [-0.2, 0) is 4.79 Å². The summed E-state index contributed by atoms with van der Waals surface area (Å²) in [5.41, 5.74) is 0.706. The molecule has 1 aliphatic rings. The zero-order valence-electron chi connectivity index (χ0n) is 13.1. The molecule has 3 aromatic rings. The number of hydrogen-bond acceptors (Lipinski definition) is 5. The zero-order valence-corrected chi connectivity index (χ0v) is 13.8. The van der Waals surface area contributed by atoms with E-state index in [0.717, 1.165) is 0 Å². The maximum absolute atomic E-state index is 12.9. The quantitative estimate of drug-likeness (QED) is 0.676. The Morgan fingerprint density at radius 1 is 1.20 bits per heavy atom. The second-order valence-corrected chi connectivity index (χ2v) is 6.39. The third-order valence-corrected chi connectivity index (χ3v) is 4.48. The summed E-state index contributed by atoms with van der Waals surface area (Å²) in [4.78, 5) is 39.9. The van der Waals surface area contributed by atoms with Crippen LogP contribution in [0.5, 0.6) is 5.75 Å². The normalized spacial score (nSPS) is 16.6. The Morgan fingerprint density at radius 3 is 2.80 bits per heavy atom. The van der Waals surface area contributed by atoms with Gasteiger partial charge in [0.1, 0.15) is 11.3 Å². The van der Waals surface area contributed by atoms with Gasteiger partial charge in [0.15, 0.2) is 5.43 Å². The minimum absolute atomic E-state index is 0.115. The number of benzene rings is 1. The molecule has 0 bridgehead atoms. The van der Waals surface area contributed by atoms with Gasteiger partial charge < -0.3 is 14.1 Å². The molecular weight excluding hydrogens is 346 g/mol. The summed E-state index contributed by atoms with van der Waals surface area (Å²) in [6.45, 7) is 1.69. The van der Waals surface area contributed by atoms with Gasteiger partial charge in [0.2, 0.25) is 0 Å². The number of aromatic amines is 1. The molecule has 0 saturated carbocycles. The van der Waals surface area contributed by atoms with E-state index in [1.807, 2.05) is 0 Å². The number of carbonyl (C=O) groups excluding carboxylic acids is 1. The molecule has 1 aromatic carbocycles. The van der Waals surface area contributed by atoms with E-state index in [2.05, 4.69) is 4.98 Å². The van der Waals surface area contributed by atoms with Crippen LogP contribution in [0, 0.1) is 6.92 Å². The molecule has 3 heterocycles. The first-order chi connectivity index (χ1) is 11.9. The van der Waals surface area contributed by atoms with Crippen molar-refractivity contribution in [1.82, 2.24) is 4.98 Å². The van der Waals surface area contributed by atoms with Gasteiger partial charge in [-0.15, -0.1) is 0 Å². The van der Waals surface area contributed by atoms with E-state index >= 15 is 0 Å². The number of aryl methyl sites for hydroxylation is 1. The second-order valence-electron chi connectivity index (χ2n) is 5.95. The zero-order chi connectivity index (χ0) is 17.7. The largest absolute Gasteiger partial charge is 0.464 e. The number of H-pyrrole nitrogens is 1. The monoisotopic (exact) mass is 357 g/mol. The van der Waals surface area contributed by atoms with E-state index < -0.39 is 17.4 Å². The van der Waals surface area contributed by atoms with Gasteiger partial charge in [-0.05, 0) is 25.1 Å². The van der Waals surface area contributed by atoms with Crippen molar-refractivity contribution < 1.29 is 13.9 Å².